The molecule has 0 spiro atoms. The number of likely N-dealkylation sites (tertiary alicyclic amines) is 1. The average Bonchev–Trinajstić information content (AvgIpc) is 2.49. The van der Waals surface area contributed by atoms with E-state index in [9.17, 15) is 14.4 Å². The van der Waals surface area contributed by atoms with Gasteiger partial charge in [-0.1, -0.05) is 6.42 Å². The van der Waals surface area contributed by atoms with Gasteiger partial charge in [0.05, 0.1) is 0 Å². The lowest BCUT2D eigenvalue weighted by Crippen LogP contribution is -2.46. The van der Waals surface area contributed by atoms with Gasteiger partial charge >= 0.3 is 6.09 Å². The van der Waals surface area contributed by atoms with Crippen molar-refractivity contribution in [3.05, 3.63) is 0 Å². The van der Waals surface area contributed by atoms with Crippen LogP contribution in [0, 0.1) is 0 Å². The van der Waals surface area contributed by atoms with Gasteiger partial charge in [-0.15, -0.1) is 0 Å². The van der Waals surface area contributed by atoms with Crippen LogP contribution in [0.3, 0.4) is 0 Å². The maximum atomic E-state index is 12.2. The maximum Gasteiger partial charge on any atom is 0.417 e. The molecular weight excluding hydrogens is 258 g/mol. The SMILES string of the molecule is CC(C)(C)OC(=O)N1C(=O)CCCC[C@@H]1CCCC=O. The normalized spacial score (nSPS) is 20.4. The molecule has 0 radical (unpaired) electrons. The molecule has 0 aromatic carbocycles. The van der Waals surface area contributed by atoms with Crippen LogP contribution in [0.1, 0.15) is 65.7 Å². The molecule has 1 aliphatic heterocycles. The number of aldehydes is 1. The average molecular weight is 283 g/mol. The molecule has 1 aliphatic rings. The van der Waals surface area contributed by atoms with Crippen LogP contribution in [0.5, 0.6) is 0 Å². The highest BCUT2D eigenvalue weighted by molar-refractivity contribution is 5.92. The smallest absolute Gasteiger partial charge is 0.417 e. The fourth-order valence-electron chi connectivity index (χ4n) is 2.38. The molecule has 0 unspecified atom stereocenters. The summed E-state index contributed by atoms with van der Waals surface area (Å²) in [5.74, 6) is -0.159. The van der Waals surface area contributed by atoms with E-state index in [1.165, 1.54) is 4.90 Å². The number of carbonyl (C=O) groups is 3. The van der Waals surface area contributed by atoms with Crippen molar-refractivity contribution in [2.24, 2.45) is 0 Å². The Hall–Kier alpha value is -1.39. The Bertz CT molecular complexity index is 359. The van der Waals surface area contributed by atoms with Crippen molar-refractivity contribution in [3.63, 3.8) is 0 Å². The second kappa shape index (κ2) is 7.41. The number of carbonyl (C=O) groups excluding carboxylic acids is 3. The summed E-state index contributed by atoms with van der Waals surface area (Å²) in [7, 11) is 0. The summed E-state index contributed by atoms with van der Waals surface area (Å²) in [6.07, 6.45) is 5.07. The molecule has 0 N–H and O–H groups in total. The molecule has 0 bridgehead atoms. The molecule has 1 saturated heterocycles. The Morgan fingerprint density at radius 2 is 2.10 bits per heavy atom. The lowest BCUT2D eigenvalue weighted by molar-refractivity contribution is -0.132. The third kappa shape index (κ3) is 5.31. The van der Waals surface area contributed by atoms with E-state index in [0.29, 0.717) is 25.7 Å². The first kappa shape index (κ1) is 16.7. The molecule has 1 atom stereocenters. The van der Waals surface area contributed by atoms with Gasteiger partial charge in [-0.2, -0.15) is 0 Å². The van der Waals surface area contributed by atoms with Gasteiger partial charge in [0.25, 0.3) is 0 Å². The zero-order valence-corrected chi connectivity index (χ0v) is 12.7. The number of nitrogens with zero attached hydrogens (tertiary/aromatic N) is 1. The van der Waals surface area contributed by atoms with Gasteiger partial charge in [0.2, 0.25) is 5.91 Å². The van der Waals surface area contributed by atoms with Gasteiger partial charge in [-0.25, -0.2) is 9.69 Å². The van der Waals surface area contributed by atoms with Crippen molar-refractivity contribution in [3.8, 4) is 0 Å². The summed E-state index contributed by atoms with van der Waals surface area (Å²) in [5.41, 5.74) is -0.614. The van der Waals surface area contributed by atoms with Crippen LogP contribution < -0.4 is 0 Å². The van der Waals surface area contributed by atoms with Crippen LogP contribution in [-0.2, 0) is 14.3 Å². The van der Waals surface area contributed by atoms with Crippen molar-refractivity contribution in [2.45, 2.75) is 77.4 Å². The third-order valence-electron chi connectivity index (χ3n) is 3.26. The van der Waals surface area contributed by atoms with Crippen molar-refractivity contribution >= 4 is 18.3 Å². The molecule has 1 rings (SSSR count). The molecule has 0 saturated carbocycles. The Kier molecular flexibility index (Phi) is 6.17. The summed E-state index contributed by atoms with van der Waals surface area (Å²) >= 11 is 0. The van der Waals surface area contributed by atoms with E-state index in [2.05, 4.69) is 0 Å². The van der Waals surface area contributed by atoms with Crippen molar-refractivity contribution in [1.29, 1.82) is 0 Å². The van der Waals surface area contributed by atoms with Crippen molar-refractivity contribution in [2.75, 3.05) is 0 Å². The molecule has 1 heterocycles. The highest BCUT2D eigenvalue weighted by Crippen LogP contribution is 2.24. The molecule has 5 nitrogen and oxygen atoms in total. The first-order chi connectivity index (χ1) is 9.35. The van der Waals surface area contributed by atoms with Gasteiger partial charge in [0, 0.05) is 18.9 Å². The number of hydrogen-bond acceptors (Lipinski definition) is 4. The van der Waals surface area contributed by atoms with Crippen LogP contribution in [0.2, 0.25) is 0 Å². The van der Waals surface area contributed by atoms with E-state index >= 15 is 0 Å². The number of unbranched alkanes of at least 4 members (excludes halogenated alkanes) is 1. The lowest BCUT2D eigenvalue weighted by Gasteiger charge is -2.30. The topological polar surface area (TPSA) is 63.7 Å². The van der Waals surface area contributed by atoms with Crippen molar-refractivity contribution < 1.29 is 19.1 Å². The minimum absolute atomic E-state index is 0.139. The zero-order chi connectivity index (χ0) is 15.2. The Morgan fingerprint density at radius 3 is 2.70 bits per heavy atom. The largest absolute Gasteiger partial charge is 0.443 e. The molecule has 114 valence electrons. The fourth-order valence-corrected chi connectivity index (χ4v) is 2.38. The lowest BCUT2D eigenvalue weighted by atomic mass is 10.0. The second-order valence-corrected chi connectivity index (χ2v) is 6.24. The Morgan fingerprint density at radius 1 is 1.40 bits per heavy atom. The van der Waals surface area contributed by atoms with E-state index in [4.69, 9.17) is 4.74 Å². The van der Waals surface area contributed by atoms with Crippen LogP contribution in [0.25, 0.3) is 0 Å². The second-order valence-electron chi connectivity index (χ2n) is 6.24. The summed E-state index contributed by atoms with van der Waals surface area (Å²) in [6.45, 7) is 5.36. The van der Waals surface area contributed by atoms with Crippen molar-refractivity contribution in [1.82, 2.24) is 4.90 Å². The predicted octanol–water partition coefficient (Wildman–Crippen LogP) is 3.06. The Labute approximate surface area is 120 Å². The van der Waals surface area contributed by atoms with Gasteiger partial charge in [0.15, 0.2) is 0 Å². The van der Waals surface area contributed by atoms with Crippen LogP contribution in [-0.4, -0.2) is 34.8 Å². The highest BCUT2D eigenvalue weighted by Gasteiger charge is 2.34. The number of rotatable bonds is 4. The summed E-state index contributed by atoms with van der Waals surface area (Å²) in [5, 5.41) is 0. The van der Waals surface area contributed by atoms with E-state index in [0.717, 1.165) is 25.5 Å². The summed E-state index contributed by atoms with van der Waals surface area (Å²) < 4.78 is 5.34. The van der Waals surface area contributed by atoms with E-state index in [1.807, 2.05) is 0 Å². The van der Waals surface area contributed by atoms with Gasteiger partial charge < -0.3 is 9.53 Å². The molecule has 20 heavy (non-hydrogen) atoms. The van der Waals surface area contributed by atoms with Gasteiger partial charge in [-0.05, 0) is 46.5 Å². The monoisotopic (exact) mass is 283 g/mol. The molecule has 2 amide bonds. The number of hydrogen-bond donors (Lipinski definition) is 0. The predicted molar refractivity (Wildman–Crippen MR) is 75.3 cm³/mol. The molecular formula is C15H25NO4. The highest BCUT2D eigenvalue weighted by atomic mass is 16.6. The van der Waals surface area contributed by atoms with E-state index in [1.54, 1.807) is 20.8 Å². The van der Waals surface area contributed by atoms with Gasteiger partial charge in [-0.3, -0.25) is 4.79 Å². The minimum Gasteiger partial charge on any atom is -0.443 e. The Balaban J connectivity index is 2.78. The van der Waals surface area contributed by atoms with Crippen LogP contribution >= 0.6 is 0 Å². The minimum atomic E-state index is -0.614. The van der Waals surface area contributed by atoms with E-state index in [-0.39, 0.29) is 11.9 Å². The first-order valence-electron chi connectivity index (χ1n) is 7.34. The maximum absolute atomic E-state index is 12.2. The summed E-state index contributed by atoms with van der Waals surface area (Å²) in [4.78, 5) is 36.1. The van der Waals surface area contributed by atoms with E-state index < -0.39 is 11.7 Å². The molecule has 5 heteroatoms. The summed E-state index contributed by atoms with van der Waals surface area (Å²) in [6, 6.07) is -0.139. The molecule has 1 fully saturated rings. The zero-order valence-electron chi connectivity index (χ0n) is 12.7. The quantitative estimate of drug-likeness (QED) is 0.587. The van der Waals surface area contributed by atoms with Gasteiger partial charge in [0.1, 0.15) is 11.9 Å². The molecule has 0 aromatic heterocycles. The number of amides is 2. The molecule has 0 aromatic rings. The first-order valence-corrected chi connectivity index (χ1v) is 7.34. The third-order valence-corrected chi connectivity index (χ3v) is 3.26. The number of imide groups is 1. The van der Waals surface area contributed by atoms with Crippen LogP contribution in [0.15, 0.2) is 0 Å². The van der Waals surface area contributed by atoms with Crippen LogP contribution in [0.4, 0.5) is 4.79 Å². The standard InChI is InChI=1S/C15H25NO4/c1-15(2,3)20-14(19)16-12(9-6-7-11-17)8-4-5-10-13(16)18/h11-12H,4-10H2,1-3H3/t12-/m1/s1. The molecule has 0 aliphatic carbocycles. The number of ether oxygens (including phenoxy) is 1. The fraction of sp³-hybridized carbons (Fsp3) is 0.800.